The molecule has 29 heavy (non-hydrogen) atoms. The van der Waals surface area contributed by atoms with E-state index in [1.165, 1.54) is 29.9 Å². The first kappa shape index (κ1) is 19.3. The first-order valence-corrected chi connectivity index (χ1v) is 10.1. The van der Waals surface area contributed by atoms with Crippen LogP contribution in [0.2, 0.25) is 0 Å². The summed E-state index contributed by atoms with van der Waals surface area (Å²) in [6.45, 7) is 2.52. The van der Waals surface area contributed by atoms with Crippen molar-refractivity contribution in [2.75, 3.05) is 6.54 Å². The van der Waals surface area contributed by atoms with E-state index in [4.69, 9.17) is 5.84 Å². The molecule has 7 nitrogen and oxygen atoms in total. The lowest BCUT2D eigenvalue weighted by atomic mass is 9.86. The van der Waals surface area contributed by atoms with E-state index in [1.807, 2.05) is 0 Å². The molecule has 2 aliphatic rings. The molecule has 0 radical (unpaired) electrons. The van der Waals surface area contributed by atoms with Crippen LogP contribution < -0.4 is 5.84 Å². The van der Waals surface area contributed by atoms with Crippen LogP contribution in [-0.4, -0.2) is 40.1 Å². The van der Waals surface area contributed by atoms with Gasteiger partial charge in [0.05, 0.1) is 11.1 Å². The third kappa shape index (κ3) is 2.93. The van der Waals surface area contributed by atoms with Gasteiger partial charge in [-0.1, -0.05) is 39.0 Å². The minimum absolute atomic E-state index is 0.229. The van der Waals surface area contributed by atoms with Crippen LogP contribution in [0.15, 0.2) is 24.3 Å². The third-order valence-corrected chi connectivity index (χ3v) is 5.75. The topological polar surface area (TPSA) is 101 Å². The standard InChI is InChI=1S/C22H23N3O4/c1-2-3-4-5-6-7-12-24-19(26)13-8-10-15-18-16(22(29)25(23)21(15)28)11-9-14(17(13)18)20(24)27/h8-11H,2-7,12,23H2,1H3. The normalized spacial score (nSPS) is 15.7. The van der Waals surface area contributed by atoms with Crippen molar-refractivity contribution < 1.29 is 19.2 Å². The number of benzene rings is 2. The zero-order valence-electron chi connectivity index (χ0n) is 16.4. The van der Waals surface area contributed by atoms with E-state index >= 15 is 0 Å². The summed E-state index contributed by atoms with van der Waals surface area (Å²) in [5, 5.41) is 1.29. The number of carbonyl (C=O) groups is 4. The summed E-state index contributed by atoms with van der Waals surface area (Å²) in [5.74, 6) is 3.57. The van der Waals surface area contributed by atoms with Gasteiger partial charge in [-0.2, -0.15) is 0 Å². The summed E-state index contributed by atoms with van der Waals surface area (Å²) in [5.41, 5.74) is 1.15. The van der Waals surface area contributed by atoms with Crippen molar-refractivity contribution in [3.63, 3.8) is 0 Å². The van der Waals surface area contributed by atoms with Crippen LogP contribution in [0.3, 0.4) is 0 Å². The molecule has 0 aromatic heterocycles. The smallest absolute Gasteiger partial charge is 0.274 e. The summed E-state index contributed by atoms with van der Waals surface area (Å²) in [6.07, 6.45) is 6.33. The SMILES string of the molecule is CCCCCCCCN1C(=O)c2ccc3c4c(ccc(c24)C1=O)C(=O)N(N)C3=O. The van der Waals surface area contributed by atoms with Crippen LogP contribution >= 0.6 is 0 Å². The second-order valence-electron chi connectivity index (χ2n) is 7.58. The molecule has 0 saturated heterocycles. The molecule has 2 aliphatic heterocycles. The van der Waals surface area contributed by atoms with Crippen LogP contribution in [0.25, 0.3) is 10.8 Å². The second-order valence-corrected chi connectivity index (χ2v) is 7.58. The number of unbranched alkanes of at least 4 members (excludes halogenated alkanes) is 5. The van der Waals surface area contributed by atoms with Crippen molar-refractivity contribution in [1.29, 1.82) is 0 Å². The van der Waals surface area contributed by atoms with Gasteiger partial charge < -0.3 is 0 Å². The molecular formula is C22H23N3O4. The average molecular weight is 393 g/mol. The Bertz CT molecular complexity index is 989. The summed E-state index contributed by atoms with van der Waals surface area (Å²) in [7, 11) is 0. The zero-order chi connectivity index (χ0) is 20.7. The van der Waals surface area contributed by atoms with Crippen molar-refractivity contribution in [1.82, 2.24) is 9.91 Å². The van der Waals surface area contributed by atoms with E-state index < -0.39 is 11.8 Å². The van der Waals surface area contributed by atoms with Crippen molar-refractivity contribution in [2.24, 2.45) is 5.84 Å². The predicted molar refractivity (Wildman–Crippen MR) is 107 cm³/mol. The molecular weight excluding hydrogens is 370 g/mol. The minimum atomic E-state index is -0.638. The lowest BCUT2D eigenvalue weighted by molar-refractivity contribution is 0.0587. The number of hydrazine groups is 1. The van der Waals surface area contributed by atoms with Crippen molar-refractivity contribution >= 4 is 34.4 Å². The summed E-state index contributed by atoms with van der Waals surface area (Å²) in [6, 6.07) is 6.12. The Morgan fingerprint density at radius 1 is 0.655 bits per heavy atom. The molecule has 2 heterocycles. The summed E-state index contributed by atoms with van der Waals surface area (Å²) in [4.78, 5) is 52.2. The van der Waals surface area contributed by atoms with Crippen LogP contribution in [0.4, 0.5) is 0 Å². The van der Waals surface area contributed by atoms with E-state index in [9.17, 15) is 19.2 Å². The van der Waals surface area contributed by atoms with Crippen LogP contribution in [0.5, 0.6) is 0 Å². The van der Waals surface area contributed by atoms with Gasteiger partial charge in [-0.15, -0.1) is 0 Å². The monoisotopic (exact) mass is 393 g/mol. The lowest BCUT2D eigenvalue weighted by Gasteiger charge is -2.30. The maximum Gasteiger partial charge on any atom is 0.275 e. The van der Waals surface area contributed by atoms with E-state index in [0.29, 0.717) is 33.5 Å². The Labute approximate surface area is 168 Å². The van der Waals surface area contributed by atoms with Gasteiger partial charge in [0.25, 0.3) is 23.6 Å². The van der Waals surface area contributed by atoms with Gasteiger partial charge in [-0.05, 0) is 30.7 Å². The number of nitrogens with zero attached hydrogens (tertiary/aromatic N) is 2. The quantitative estimate of drug-likeness (QED) is 0.337. The van der Waals surface area contributed by atoms with E-state index in [-0.39, 0.29) is 22.9 Å². The third-order valence-electron chi connectivity index (χ3n) is 5.75. The van der Waals surface area contributed by atoms with E-state index in [0.717, 1.165) is 25.7 Å². The highest BCUT2D eigenvalue weighted by Crippen LogP contribution is 2.37. The zero-order valence-corrected chi connectivity index (χ0v) is 16.4. The molecule has 4 amide bonds. The summed E-state index contributed by atoms with van der Waals surface area (Å²) >= 11 is 0. The molecule has 150 valence electrons. The number of imide groups is 2. The van der Waals surface area contributed by atoms with E-state index in [1.54, 1.807) is 12.1 Å². The highest BCUT2D eigenvalue weighted by molar-refractivity contribution is 6.33. The Morgan fingerprint density at radius 2 is 1.07 bits per heavy atom. The van der Waals surface area contributed by atoms with Crippen molar-refractivity contribution in [2.45, 2.75) is 45.4 Å². The fourth-order valence-corrected chi connectivity index (χ4v) is 4.20. The molecule has 0 bridgehead atoms. The first-order chi connectivity index (χ1) is 14.0. The molecule has 0 atom stereocenters. The molecule has 0 spiro atoms. The Balaban J connectivity index is 1.69. The molecule has 7 heteroatoms. The van der Waals surface area contributed by atoms with Gasteiger partial charge >= 0.3 is 0 Å². The molecule has 2 aromatic carbocycles. The first-order valence-electron chi connectivity index (χ1n) is 10.1. The Hall–Kier alpha value is -3.06. The maximum absolute atomic E-state index is 13.0. The van der Waals surface area contributed by atoms with Crippen molar-refractivity contribution in [3.05, 3.63) is 46.5 Å². The maximum atomic E-state index is 13.0. The average Bonchev–Trinajstić information content (AvgIpc) is 2.73. The number of hydrogen-bond acceptors (Lipinski definition) is 5. The highest BCUT2D eigenvalue weighted by atomic mass is 16.2. The van der Waals surface area contributed by atoms with Gasteiger partial charge in [-0.3, -0.25) is 24.1 Å². The summed E-state index contributed by atoms with van der Waals surface area (Å²) < 4.78 is 0. The molecule has 0 unspecified atom stereocenters. The number of carbonyl (C=O) groups excluding carboxylic acids is 4. The highest BCUT2D eigenvalue weighted by Gasteiger charge is 2.38. The van der Waals surface area contributed by atoms with Gasteiger partial charge in [0, 0.05) is 28.4 Å². The van der Waals surface area contributed by atoms with Gasteiger partial charge in [0.15, 0.2) is 0 Å². The van der Waals surface area contributed by atoms with E-state index in [2.05, 4.69) is 6.92 Å². The Kier molecular flexibility index (Phi) is 4.92. The molecule has 4 rings (SSSR count). The fourth-order valence-electron chi connectivity index (χ4n) is 4.20. The van der Waals surface area contributed by atoms with Gasteiger partial charge in [0.1, 0.15) is 0 Å². The number of rotatable bonds is 7. The minimum Gasteiger partial charge on any atom is -0.274 e. The number of hydrogen-bond donors (Lipinski definition) is 1. The van der Waals surface area contributed by atoms with Crippen molar-refractivity contribution in [3.8, 4) is 0 Å². The molecule has 2 N–H and O–H groups in total. The van der Waals surface area contributed by atoms with Crippen LogP contribution in [0.1, 0.15) is 86.9 Å². The second kappa shape index (κ2) is 7.40. The van der Waals surface area contributed by atoms with Crippen LogP contribution in [0, 0.1) is 0 Å². The molecule has 0 aliphatic carbocycles. The molecule has 0 saturated carbocycles. The molecule has 0 fully saturated rings. The fraction of sp³-hybridized carbons (Fsp3) is 0.364. The number of amides is 4. The largest absolute Gasteiger partial charge is 0.275 e. The molecule has 2 aromatic rings. The van der Waals surface area contributed by atoms with Crippen LogP contribution in [-0.2, 0) is 0 Å². The number of nitrogens with two attached hydrogens (primary N) is 1. The van der Waals surface area contributed by atoms with Gasteiger partial charge in [0.2, 0.25) is 0 Å². The predicted octanol–water partition coefficient (Wildman–Crippen LogP) is 3.27. The lowest BCUT2D eigenvalue weighted by Crippen LogP contribution is -2.46. The Morgan fingerprint density at radius 3 is 1.55 bits per heavy atom. The van der Waals surface area contributed by atoms with Gasteiger partial charge in [-0.25, -0.2) is 10.9 Å².